The summed E-state index contributed by atoms with van der Waals surface area (Å²) in [6.45, 7) is 0. The van der Waals surface area contributed by atoms with E-state index in [0.717, 1.165) is 0 Å². The van der Waals surface area contributed by atoms with E-state index in [9.17, 15) is 22.0 Å². The van der Waals surface area contributed by atoms with Crippen LogP contribution in [0.5, 0.6) is 0 Å². The minimum Gasteiger partial charge on any atom is -0.233 e. The van der Waals surface area contributed by atoms with E-state index in [1.807, 2.05) is 0 Å². The molecule has 0 heterocycles. The fourth-order valence-corrected chi connectivity index (χ4v) is 0.840. The standard InChI is InChI=1S/C6HF5S/c7-1-2(8)4(10)6(12)5(11)3(1)9/h4H. The number of hydrogen-bond donors (Lipinski definition) is 0. The Bertz CT molecular complexity index is 303. The summed E-state index contributed by atoms with van der Waals surface area (Å²) < 4.78 is 61.4. The van der Waals surface area contributed by atoms with Gasteiger partial charge in [0.05, 0.1) is 4.86 Å². The summed E-state index contributed by atoms with van der Waals surface area (Å²) in [4.78, 5) is -1.20. The summed E-state index contributed by atoms with van der Waals surface area (Å²) >= 11 is 3.97. The van der Waals surface area contributed by atoms with Gasteiger partial charge in [-0.3, -0.25) is 0 Å². The summed E-state index contributed by atoms with van der Waals surface area (Å²) in [7, 11) is 0. The average Bonchev–Trinajstić information content (AvgIpc) is 2.08. The van der Waals surface area contributed by atoms with Crippen LogP contribution in [-0.2, 0) is 0 Å². The van der Waals surface area contributed by atoms with Gasteiger partial charge < -0.3 is 0 Å². The quantitative estimate of drug-likeness (QED) is 0.428. The average molecular weight is 200 g/mol. The second kappa shape index (κ2) is 2.93. The number of alkyl halides is 1. The van der Waals surface area contributed by atoms with Crippen LogP contribution in [0, 0.1) is 0 Å². The third kappa shape index (κ3) is 1.16. The highest BCUT2D eigenvalue weighted by Gasteiger charge is 2.35. The van der Waals surface area contributed by atoms with Crippen LogP contribution >= 0.6 is 12.2 Å². The fraction of sp³-hybridized carbons (Fsp3) is 0.167. The minimum atomic E-state index is -2.69. The van der Waals surface area contributed by atoms with E-state index in [1.165, 1.54) is 0 Å². The first-order valence-corrected chi connectivity index (χ1v) is 3.16. The van der Waals surface area contributed by atoms with Crippen molar-refractivity contribution in [1.82, 2.24) is 0 Å². The Morgan fingerprint density at radius 3 is 1.92 bits per heavy atom. The van der Waals surface area contributed by atoms with Crippen LogP contribution in [0.25, 0.3) is 0 Å². The second-order valence-electron chi connectivity index (χ2n) is 2.02. The Labute approximate surface area is 69.4 Å². The molecule has 0 amide bonds. The molecule has 0 aromatic heterocycles. The van der Waals surface area contributed by atoms with Crippen molar-refractivity contribution in [3.8, 4) is 0 Å². The highest BCUT2D eigenvalue weighted by molar-refractivity contribution is 7.81. The van der Waals surface area contributed by atoms with Crippen LogP contribution in [0.1, 0.15) is 0 Å². The predicted octanol–water partition coefficient (Wildman–Crippen LogP) is 3.01. The molecular formula is C6HF5S. The fourth-order valence-electron chi connectivity index (χ4n) is 0.647. The third-order valence-electron chi connectivity index (χ3n) is 1.26. The molecule has 1 aliphatic carbocycles. The zero-order chi connectivity index (χ0) is 9.46. The molecule has 1 atom stereocenters. The number of allylic oxidation sites excluding steroid dienone is 4. The normalized spacial score (nSPS) is 25.4. The first-order valence-electron chi connectivity index (χ1n) is 2.76. The Morgan fingerprint density at radius 2 is 1.42 bits per heavy atom. The van der Waals surface area contributed by atoms with Gasteiger partial charge in [-0.15, -0.1) is 0 Å². The maximum Gasteiger partial charge on any atom is 0.198 e. The monoisotopic (exact) mass is 200 g/mol. The van der Waals surface area contributed by atoms with Gasteiger partial charge in [-0.1, -0.05) is 12.2 Å². The van der Waals surface area contributed by atoms with Gasteiger partial charge in [-0.2, -0.15) is 0 Å². The minimum absolute atomic E-state index is 1.20. The lowest BCUT2D eigenvalue weighted by Crippen LogP contribution is -2.20. The molecular weight excluding hydrogens is 199 g/mol. The third-order valence-corrected chi connectivity index (χ3v) is 1.65. The molecule has 0 radical (unpaired) electrons. The lowest BCUT2D eigenvalue weighted by Gasteiger charge is -2.12. The van der Waals surface area contributed by atoms with Crippen molar-refractivity contribution in [3.05, 3.63) is 23.3 Å². The van der Waals surface area contributed by atoms with Crippen molar-refractivity contribution >= 4 is 17.1 Å². The molecule has 0 aliphatic heterocycles. The Kier molecular flexibility index (Phi) is 2.27. The van der Waals surface area contributed by atoms with E-state index in [2.05, 4.69) is 12.2 Å². The number of rotatable bonds is 0. The lowest BCUT2D eigenvalue weighted by atomic mass is 10.1. The summed E-state index contributed by atoms with van der Waals surface area (Å²) in [5.41, 5.74) is 0. The number of halogens is 5. The molecule has 1 aliphatic rings. The molecule has 0 spiro atoms. The lowest BCUT2D eigenvalue weighted by molar-refractivity contribution is 0.360. The molecule has 1 rings (SSSR count). The topological polar surface area (TPSA) is 0 Å². The van der Waals surface area contributed by atoms with E-state index in [1.54, 1.807) is 0 Å². The molecule has 6 heteroatoms. The van der Waals surface area contributed by atoms with Gasteiger partial charge in [0.1, 0.15) is 0 Å². The van der Waals surface area contributed by atoms with E-state index in [4.69, 9.17) is 0 Å². The maximum absolute atomic E-state index is 12.4. The van der Waals surface area contributed by atoms with Crippen LogP contribution in [-0.4, -0.2) is 11.0 Å². The van der Waals surface area contributed by atoms with Gasteiger partial charge in [-0.25, -0.2) is 22.0 Å². The van der Waals surface area contributed by atoms with Crippen molar-refractivity contribution < 1.29 is 22.0 Å². The van der Waals surface area contributed by atoms with Crippen molar-refractivity contribution in [3.63, 3.8) is 0 Å². The molecule has 0 saturated carbocycles. The van der Waals surface area contributed by atoms with Crippen LogP contribution in [0.4, 0.5) is 22.0 Å². The molecule has 0 fully saturated rings. The van der Waals surface area contributed by atoms with E-state index in [0.29, 0.717) is 0 Å². The zero-order valence-corrected chi connectivity index (χ0v) is 6.19. The predicted molar refractivity (Wildman–Crippen MR) is 36.0 cm³/mol. The van der Waals surface area contributed by atoms with Crippen LogP contribution in [0.3, 0.4) is 0 Å². The molecule has 0 aromatic carbocycles. The Morgan fingerprint density at radius 1 is 0.917 bits per heavy atom. The van der Waals surface area contributed by atoms with Gasteiger partial charge in [-0.05, 0) is 0 Å². The van der Waals surface area contributed by atoms with Crippen molar-refractivity contribution in [1.29, 1.82) is 0 Å². The first kappa shape index (κ1) is 9.31. The summed E-state index contributed by atoms with van der Waals surface area (Å²) in [5, 5.41) is 0. The zero-order valence-electron chi connectivity index (χ0n) is 5.38. The summed E-state index contributed by atoms with van der Waals surface area (Å²) in [5.74, 6) is -8.10. The van der Waals surface area contributed by atoms with E-state index in [-0.39, 0.29) is 0 Å². The van der Waals surface area contributed by atoms with Crippen LogP contribution < -0.4 is 0 Å². The molecule has 0 bridgehead atoms. The smallest absolute Gasteiger partial charge is 0.198 e. The summed E-state index contributed by atoms with van der Waals surface area (Å²) in [6.07, 6.45) is -2.69. The van der Waals surface area contributed by atoms with Gasteiger partial charge in [0.25, 0.3) is 0 Å². The summed E-state index contributed by atoms with van der Waals surface area (Å²) in [6, 6.07) is 0. The van der Waals surface area contributed by atoms with Gasteiger partial charge >= 0.3 is 0 Å². The van der Waals surface area contributed by atoms with Crippen molar-refractivity contribution in [2.75, 3.05) is 0 Å². The van der Waals surface area contributed by atoms with E-state index >= 15 is 0 Å². The van der Waals surface area contributed by atoms with Crippen molar-refractivity contribution in [2.24, 2.45) is 0 Å². The first-order chi connectivity index (χ1) is 5.46. The van der Waals surface area contributed by atoms with Gasteiger partial charge in [0.15, 0.2) is 29.5 Å². The van der Waals surface area contributed by atoms with Gasteiger partial charge in [0, 0.05) is 0 Å². The van der Waals surface area contributed by atoms with Crippen LogP contribution in [0.15, 0.2) is 23.3 Å². The highest BCUT2D eigenvalue weighted by Crippen LogP contribution is 2.33. The number of thiocarbonyl (C=S) groups is 1. The van der Waals surface area contributed by atoms with Crippen LogP contribution in [0.2, 0.25) is 0 Å². The Balaban J connectivity index is 3.27. The van der Waals surface area contributed by atoms with E-state index < -0.39 is 34.3 Å². The number of hydrogen-bond acceptors (Lipinski definition) is 1. The van der Waals surface area contributed by atoms with Crippen molar-refractivity contribution in [2.45, 2.75) is 6.17 Å². The molecule has 0 N–H and O–H groups in total. The molecule has 0 saturated heterocycles. The SMILES string of the molecule is FC1=C(F)C(F)=C(F)C(F)C1=S. The molecule has 12 heavy (non-hydrogen) atoms. The molecule has 1 unspecified atom stereocenters. The molecule has 66 valence electrons. The van der Waals surface area contributed by atoms with Gasteiger partial charge in [0.2, 0.25) is 0 Å². The Hall–Kier alpha value is -0.780. The molecule has 0 aromatic rings. The molecule has 0 nitrogen and oxygen atoms in total. The largest absolute Gasteiger partial charge is 0.233 e. The maximum atomic E-state index is 12.4. The second-order valence-corrected chi connectivity index (χ2v) is 2.46. The highest BCUT2D eigenvalue weighted by atomic mass is 32.1.